The molecule has 2 aromatic rings. The van der Waals surface area contributed by atoms with Crippen LogP contribution in [0.5, 0.6) is 0 Å². The van der Waals surface area contributed by atoms with Crippen LogP contribution in [0.15, 0.2) is 47.2 Å². The lowest BCUT2D eigenvalue weighted by molar-refractivity contribution is 0.0554. The summed E-state index contributed by atoms with van der Waals surface area (Å²) in [4.78, 5) is 17.2. The molecule has 4 heteroatoms. The van der Waals surface area contributed by atoms with E-state index >= 15 is 0 Å². The number of likely N-dealkylation sites (tertiary alicyclic amines) is 2. The third-order valence-corrected chi connectivity index (χ3v) is 6.39. The summed E-state index contributed by atoms with van der Waals surface area (Å²) in [6.45, 7) is 2.80. The van der Waals surface area contributed by atoms with Gasteiger partial charge in [-0.25, -0.2) is 0 Å². The molecule has 2 atom stereocenters. The van der Waals surface area contributed by atoms with E-state index in [4.69, 9.17) is 0 Å². The van der Waals surface area contributed by atoms with Gasteiger partial charge >= 0.3 is 0 Å². The third-order valence-electron chi connectivity index (χ3n) is 5.71. The van der Waals surface area contributed by atoms with E-state index in [0.717, 1.165) is 31.6 Å². The van der Waals surface area contributed by atoms with Gasteiger partial charge in [-0.3, -0.25) is 4.79 Å². The fourth-order valence-corrected chi connectivity index (χ4v) is 4.99. The summed E-state index contributed by atoms with van der Waals surface area (Å²) in [6.07, 6.45) is 2.25. The van der Waals surface area contributed by atoms with Crippen molar-refractivity contribution in [2.75, 3.05) is 26.7 Å². The van der Waals surface area contributed by atoms with E-state index in [1.54, 1.807) is 11.3 Å². The average Bonchev–Trinajstić information content (AvgIpc) is 3.24. The number of benzene rings is 1. The summed E-state index contributed by atoms with van der Waals surface area (Å²) in [5.74, 6) is 0.188. The molecule has 2 aliphatic heterocycles. The van der Waals surface area contributed by atoms with Crippen molar-refractivity contribution in [3.8, 4) is 0 Å². The Morgan fingerprint density at radius 3 is 2.70 bits per heavy atom. The van der Waals surface area contributed by atoms with Crippen LogP contribution in [0.2, 0.25) is 0 Å². The van der Waals surface area contributed by atoms with Gasteiger partial charge < -0.3 is 9.80 Å². The fraction of sp³-hybridized carbons (Fsp3) is 0.421. The highest BCUT2D eigenvalue weighted by molar-refractivity contribution is 7.08. The molecule has 0 bridgehead atoms. The summed E-state index contributed by atoms with van der Waals surface area (Å²) < 4.78 is 0. The van der Waals surface area contributed by atoms with Crippen molar-refractivity contribution < 1.29 is 4.79 Å². The van der Waals surface area contributed by atoms with Crippen molar-refractivity contribution in [1.82, 2.24) is 9.80 Å². The maximum Gasteiger partial charge on any atom is 0.254 e. The SMILES string of the molecule is CN1CC[C@@]2(c3ccccc3)CCN(C(=O)c3ccsc3)C[C@@H]12. The first kappa shape index (κ1) is 14.9. The third kappa shape index (κ3) is 2.41. The fourth-order valence-electron chi connectivity index (χ4n) is 4.36. The van der Waals surface area contributed by atoms with E-state index in [-0.39, 0.29) is 11.3 Å². The van der Waals surface area contributed by atoms with Gasteiger partial charge in [-0.1, -0.05) is 30.3 Å². The highest BCUT2D eigenvalue weighted by atomic mass is 32.1. The lowest BCUT2D eigenvalue weighted by Gasteiger charge is -2.46. The molecule has 23 heavy (non-hydrogen) atoms. The average molecular weight is 326 g/mol. The predicted molar refractivity (Wildman–Crippen MR) is 94.0 cm³/mol. The van der Waals surface area contributed by atoms with E-state index in [0.29, 0.717) is 6.04 Å². The maximum absolute atomic E-state index is 12.7. The van der Waals surface area contributed by atoms with Crippen LogP contribution < -0.4 is 0 Å². The Morgan fingerprint density at radius 2 is 1.96 bits per heavy atom. The van der Waals surface area contributed by atoms with Crippen LogP contribution in [0.25, 0.3) is 0 Å². The minimum atomic E-state index is 0.188. The van der Waals surface area contributed by atoms with Crippen molar-refractivity contribution in [1.29, 1.82) is 0 Å². The Balaban J connectivity index is 1.62. The van der Waals surface area contributed by atoms with Crippen LogP contribution >= 0.6 is 11.3 Å². The molecule has 0 unspecified atom stereocenters. The number of likely N-dealkylation sites (N-methyl/N-ethyl adjacent to an activating group) is 1. The largest absolute Gasteiger partial charge is 0.337 e. The van der Waals surface area contributed by atoms with Gasteiger partial charge in [-0.05, 0) is 43.4 Å². The number of hydrogen-bond donors (Lipinski definition) is 0. The second kappa shape index (κ2) is 5.77. The Kier molecular flexibility index (Phi) is 3.74. The molecule has 0 N–H and O–H groups in total. The minimum Gasteiger partial charge on any atom is -0.337 e. The van der Waals surface area contributed by atoms with Crippen LogP contribution in [0.3, 0.4) is 0 Å². The Labute approximate surface area is 141 Å². The molecular weight excluding hydrogens is 304 g/mol. The Hall–Kier alpha value is -1.65. The maximum atomic E-state index is 12.7. The van der Waals surface area contributed by atoms with Crippen molar-refractivity contribution in [3.05, 3.63) is 58.3 Å². The van der Waals surface area contributed by atoms with Crippen molar-refractivity contribution >= 4 is 17.2 Å². The van der Waals surface area contributed by atoms with Gasteiger partial charge in [-0.2, -0.15) is 11.3 Å². The first-order valence-corrected chi connectivity index (χ1v) is 9.22. The lowest BCUT2D eigenvalue weighted by atomic mass is 9.69. The van der Waals surface area contributed by atoms with E-state index in [1.807, 2.05) is 16.8 Å². The standard InChI is InChI=1S/C19H22N2OS/c1-20-10-8-19(16-5-3-2-4-6-16)9-11-21(13-17(19)20)18(22)15-7-12-23-14-15/h2-7,12,14,17H,8-11,13H2,1H3/t17-,19+/m1/s1. The van der Waals surface area contributed by atoms with Crippen LogP contribution in [-0.2, 0) is 5.41 Å². The lowest BCUT2D eigenvalue weighted by Crippen LogP contribution is -2.56. The quantitative estimate of drug-likeness (QED) is 0.846. The zero-order valence-corrected chi connectivity index (χ0v) is 14.3. The van der Waals surface area contributed by atoms with Gasteiger partial charge in [0.25, 0.3) is 5.91 Å². The van der Waals surface area contributed by atoms with E-state index < -0.39 is 0 Å². The number of amides is 1. The van der Waals surface area contributed by atoms with Crippen LogP contribution in [-0.4, -0.2) is 48.4 Å². The highest BCUT2D eigenvalue weighted by Crippen LogP contribution is 2.45. The van der Waals surface area contributed by atoms with Crippen LogP contribution in [0.1, 0.15) is 28.8 Å². The van der Waals surface area contributed by atoms with Gasteiger partial charge in [-0.15, -0.1) is 0 Å². The number of fused-ring (bicyclic) bond motifs is 1. The highest BCUT2D eigenvalue weighted by Gasteiger charge is 2.50. The van der Waals surface area contributed by atoms with E-state index in [2.05, 4.69) is 47.2 Å². The van der Waals surface area contributed by atoms with Gasteiger partial charge in [0.15, 0.2) is 0 Å². The minimum absolute atomic E-state index is 0.188. The zero-order chi connectivity index (χ0) is 15.9. The number of carbonyl (C=O) groups is 1. The molecule has 1 aromatic carbocycles. The molecule has 0 spiro atoms. The molecule has 2 fully saturated rings. The number of rotatable bonds is 2. The molecular formula is C19H22N2OS. The van der Waals surface area contributed by atoms with Gasteiger partial charge in [0.05, 0.1) is 5.56 Å². The van der Waals surface area contributed by atoms with Crippen molar-refractivity contribution in [2.45, 2.75) is 24.3 Å². The molecule has 2 saturated heterocycles. The van der Waals surface area contributed by atoms with E-state index in [9.17, 15) is 4.79 Å². The normalized spacial score (nSPS) is 27.9. The summed E-state index contributed by atoms with van der Waals surface area (Å²) in [7, 11) is 2.20. The molecule has 4 rings (SSSR count). The molecule has 0 aliphatic carbocycles. The molecule has 1 amide bonds. The number of carbonyl (C=O) groups excluding carboxylic acids is 1. The summed E-state index contributed by atoms with van der Waals surface area (Å²) >= 11 is 1.59. The molecule has 0 saturated carbocycles. The van der Waals surface area contributed by atoms with Gasteiger partial charge in [0, 0.05) is 29.9 Å². The second-order valence-electron chi connectivity index (χ2n) is 6.78. The van der Waals surface area contributed by atoms with Gasteiger partial charge in [0.1, 0.15) is 0 Å². The Bertz CT molecular complexity index is 685. The zero-order valence-electron chi connectivity index (χ0n) is 13.4. The van der Waals surface area contributed by atoms with E-state index in [1.165, 1.54) is 12.0 Å². The molecule has 3 nitrogen and oxygen atoms in total. The summed E-state index contributed by atoms with van der Waals surface area (Å²) in [5, 5.41) is 3.94. The molecule has 120 valence electrons. The second-order valence-corrected chi connectivity index (χ2v) is 7.56. The topological polar surface area (TPSA) is 23.6 Å². The first-order chi connectivity index (χ1) is 11.2. The summed E-state index contributed by atoms with van der Waals surface area (Å²) in [6, 6.07) is 13.3. The predicted octanol–water partition coefficient (Wildman–Crippen LogP) is 3.24. The van der Waals surface area contributed by atoms with Gasteiger partial charge in [0.2, 0.25) is 0 Å². The summed E-state index contributed by atoms with van der Waals surface area (Å²) in [5.41, 5.74) is 2.49. The molecule has 0 radical (unpaired) electrons. The Morgan fingerprint density at radius 1 is 1.17 bits per heavy atom. The smallest absolute Gasteiger partial charge is 0.254 e. The number of hydrogen-bond acceptors (Lipinski definition) is 3. The first-order valence-electron chi connectivity index (χ1n) is 8.28. The van der Waals surface area contributed by atoms with Crippen LogP contribution in [0.4, 0.5) is 0 Å². The number of nitrogens with zero attached hydrogens (tertiary/aromatic N) is 2. The molecule has 2 aliphatic rings. The monoisotopic (exact) mass is 326 g/mol. The molecule has 1 aromatic heterocycles. The van der Waals surface area contributed by atoms with Crippen molar-refractivity contribution in [3.63, 3.8) is 0 Å². The number of piperidine rings is 1. The number of thiophene rings is 1. The molecule has 3 heterocycles. The van der Waals surface area contributed by atoms with Crippen LogP contribution in [0, 0.1) is 0 Å². The van der Waals surface area contributed by atoms with Crippen molar-refractivity contribution in [2.24, 2.45) is 0 Å².